The number of thiophene rings is 1. The van der Waals surface area contributed by atoms with Gasteiger partial charge in [0.05, 0.1) is 18.8 Å². The number of fused-ring (bicyclic) bond motifs is 1. The standard InChI is InChI=1S/C24H34N4O2S.HI/c1-25-24(26-11-5-13-30-21-9-14-29-18-21)27-16-22(19-6-3-2-4-7-19)28-12-8-23-20(17-28)10-15-31-23;/h2-4,6-7,10,15,21-22H,5,8-9,11-14,16-18H2,1H3,(H2,25,26,27);1H. The molecule has 3 heterocycles. The van der Waals surface area contributed by atoms with Crippen LogP contribution in [0.1, 0.15) is 34.9 Å². The average molecular weight is 571 g/mol. The second-order valence-electron chi connectivity index (χ2n) is 8.11. The molecule has 0 saturated carbocycles. The van der Waals surface area contributed by atoms with Crippen LogP contribution in [0.25, 0.3) is 0 Å². The molecule has 2 N–H and O–H groups in total. The molecule has 4 rings (SSSR count). The highest BCUT2D eigenvalue weighted by Gasteiger charge is 2.25. The molecule has 1 saturated heterocycles. The first-order valence-corrected chi connectivity index (χ1v) is 12.2. The summed E-state index contributed by atoms with van der Waals surface area (Å²) in [5.41, 5.74) is 2.82. The Morgan fingerprint density at radius 3 is 2.94 bits per heavy atom. The summed E-state index contributed by atoms with van der Waals surface area (Å²) >= 11 is 1.89. The summed E-state index contributed by atoms with van der Waals surface area (Å²) in [6.07, 6.45) is 3.38. The number of ether oxygens (including phenoxy) is 2. The Kier molecular flexibility index (Phi) is 10.7. The second kappa shape index (κ2) is 13.5. The number of nitrogens with zero attached hydrogens (tertiary/aromatic N) is 2. The lowest BCUT2D eigenvalue weighted by Gasteiger charge is -2.35. The molecule has 0 aliphatic carbocycles. The van der Waals surface area contributed by atoms with Crippen LogP contribution >= 0.6 is 35.3 Å². The van der Waals surface area contributed by atoms with Gasteiger partial charge in [-0.3, -0.25) is 9.89 Å². The van der Waals surface area contributed by atoms with E-state index in [0.717, 1.165) is 71.2 Å². The van der Waals surface area contributed by atoms with E-state index in [2.05, 4.69) is 62.3 Å². The van der Waals surface area contributed by atoms with Crippen LogP contribution in [0.4, 0.5) is 0 Å². The largest absolute Gasteiger partial charge is 0.379 e. The fourth-order valence-corrected chi connectivity index (χ4v) is 5.15. The van der Waals surface area contributed by atoms with E-state index in [9.17, 15) is 0 Å². The molecule has 2 unspecified atom stereocenters. The maximum absolute atomic E-state index is 5.84. The van der Waals surface area contributed by atoms with Crippen molar-refractivity contribution in [2.45, 2.75) is 38.0 Å². The van der Waals surface area contributed by atoms with Crippen molar-refractivity contribution < 1.29 is 9.47 Å². The Morgan fingerprint density at radius 2 is 2.16 bits per heavy atom. The van der Waals surface area contributed by atoms with E-state index in [1.807, 2.05) is 18.4 Å². The van der Waals surface area contributed by atoms with Crippen molar-refractivity contribution in [3.8, 4) is 0 Å². The number of nitrogens with one attached hydrogen (secondary N) is 2. The number of aliphatic imine (C=N–C) groups is 1. The molecule has 6 nitrogen and oxygen atoms in total. The lowest BCUT2D eigenvalue weighted by molar-refractivity contribution is 0.0420. The quantitative estimate of drug-likeness (QED) is 0.208. The van der Waals surface area contributed by atoms with E-state index in [1.54, 1.807) is 4.88 Å². The van der Waals surface area contributed by atoms with Crippen LogP contribution in [-0.4, -0.2) is 63.5 Å². The average Bonchev–Trinajstić information content (AvgIpc) is 3.50. The zero-order valence-electron chi connectivity index (χ0n) is 18.8. The van der Waals surface area contributed by atoms with E-state index in [1.165, 1.54) is 11.1 Å². The lowest BCUT2D eigenvalue weighted by atomic mass is 10.0. The highest BCUT2D eigenvalue weighted by Crippen LogP contribution is 2.30. The number of hydrogen-bond donors (Lipinski definition) is 2. The Bertz CT molecular complexity index is 826. The molecule has 0 bridgehead atoms. The number of hydrogen-bond acceptors (Lipinski definition) is 5. The summed E-state index contributed by atoms with van der Waals surface area (Å²) in [4.78, 5) is 8.55. The molecule has 8 heteroatoms. The van der Waals surface area contributed by atoms with Gasteiger partial charge < -0.3 is 20.1 Å². The molecule has 0 spiro atoms. The van der Waals surface area contributed by atoms with Gasteiger partial charge in [0.25, 0.3) is 0 Å². The van der Waals surface area contributed by atoms with Crippen molar-refractivity contribution in [1.29, 1.82) is 0 Å². The molecular formula is C24H35IN4O2S. The summed E-state index contributed by atoms with van der Waals surface area (Å²) < 4.78 is 11.2. The maximum Gasteiger partial charge on any atom is 0.191 e. The summed E-state index contributed by atoms with van der Waals surface area (Å²) in [6.45, 7) is 6.07. The monoisotopic (exact) mass is 570 g/mol. The number of rotatable bonds is 9. The van der Waals surface area contributed by atoms with Gasteiger partial charge in [-0.15, -0.1) is 35.3 Å². The van der Waals surface area contributed by atoms with Crippen molar-refractivity contribution in [2.75, 3.05) is 46.5 Å². The molecule has 2 atom stereocenters. The number of halogens is 1. The van der Waals surface area contributed by atoms with Crippen LogP contribution < -0.4 is 10.6 Å². The van der Waals surface area contributed by atoms with Gasteiger partial charge in [0.1, 0.15) is 0 Å². The van der Waals surface area contributed by atoms with E-state index >= 15 is 0 Å². The Labute approximate surface area is 212 Å². The first-order chi connectivity index (χ1) is 15.3. The van der Waals surface area contributed by atoms with Crippen LogP contribution in [0.3, 0.4) is 0 Å². The molecule has 0 amide bonds. The molecule has 2 aliphatic heterocycles. The summed E-state index contributed by atoms with van der Waals surface area (Å²) in [5, 5.41) is 9.20. The minimum atomic E-state index is 0. The van der Waals surface area contributed by atoms with Gasteiger partial charge in [-0.1, -0.05) is 30.3 Å². The van der Waals surface area contributed by atoms with E-state index in [0.29, 0.717) is 6.04 Å². The molecule has 0 radical (unpaired) electrons. The Morgan fingerprint density at radius 1 is 1.28 bits per heavy atom. The second-order valence-corrected chi connectivity index (χ2v) is 9.11. The van der Waals surface area contributed by atoms with Gasteiger partial charge in [-0.25, -0.2) is 0 Å². The van der Waals surface area contributed by atoms with Crippen molar-refractivity contribution in [2.24, 2.45) is 4.99 Å². The van der Waals surface area contributed by atoms with Gasteiger partial charge in [0.15, 0.2) is 5.96 Å². The lowest BCUT2D eigenvalue weighted by Crippen LogP contribution is -2.44. The smallest absolute Gasteiger partial charge is 0.191 e. The maximum atomic E-state index is 5.84. The van der Waals surface area contributed by atoms with Crippen LogP contribution in [0.15, 0.2) is 46.8 Å². The van der Waals surface area contributed by atoms with Gasteiger partial charge in [-0.2, -0.15) is 0 Å². The topological polar surface area (TPSA) is 58.1 Å². The summed E-state index contributed by atoms with van der Waals surface area (Å²) in [6, 6.07) is 13.4. The highest BCUT2D eigenvalue weighted by molar-refractivity contribution is 14.0. The Hall–Kier alpha value is -1.20. The van der Waals surface area contributed by atoms with Gasteiger partial charge in [0.2, 0.25) is 0 Å². The third kappa shape index (κ3) is 7.15. The van der Waals surface area contributed by atoms with Crippen molar-refractivity contribution in [3.05, 3.63) is 57.8 Å². The van der Waals surface area contributed by atoms with Crippen LogP contribution in [0.2, 0.25) is 0 Å². The zero-order valence-corrected chi connectivity index (χ0v) is 21.9. The zero-order chi connectivity index (χ0) is 21.3. The first-order valence-electron chi connectivity index (χ1n) is 11.3. The SMILES string of the molecule is CN=C(NCCCOC1CCOC1)NCC(c1ccccc1)N1CCc2sccc2C1.I. The molecule has 1 fully saturated rings. The van der Waals surface area contributed by atoms with Crippen molar-refractivity contribution in [3.63, 3.8) is 0 Å². The normalized spacial score (nSPS) is 19.8. The predicted molar refractivity (Wildman–Crippen MR) is 142 cm³/mol. The molecule has 176 valence electrons. The van der Waals surface area contributed by atoms with Gasteiger partial charge in [0, 0.05) is 51.3 Å². The molecule has 1 aromatic carbocycles. The molecule has 1 aromatic heterocycles. The highest BCUT2D eigenvalue weighted by atomic mass is 127. The summed E-state index contributed by atoms with van der Waals surface area (Å²) in [7, 11) is 1.83. The fourth-order valence-electron chi connectivity index (χ4n) is 4.26. The third-order valence-corrected chi connectivity index (χ3v) is 7.03. The predicted octanol–water partition coefficient (Wildman–Crippen LogP) is 3.83. The Balaban J connectivity index is 0.00000289. The van der Waals surface area contributed by atoms with Crippen molar-refractivity contribution in [1.82, 2.24) is 15.5 Å². The van der Waals surface area contributed by atoms with Crippen LogP contribution in [0, 0.1) is 0 Å². The van der Waals surface area contributed by atoms with Crippen LogP contribution in [0.5, 0.6) is 0 Å². The molecule has 2 aliphatic rings. The van der Waals surface area contributed by atoms with E-state index in [4.69, 9.17) is 9.47 Å². The molecule has 32 heavy (non-hydrogen) atoms. The van der Waals surface area contributed by atoms with Crippen LogP contribution in [-0.2, 0) is 22.4 Å². The molecular weight excluding hydrogens is 535 g/mol. The fraction of sp³-hybridized carbons (Fsp3) is 0.542. The van der Waals surface area contributed by atoms with E-state index in [-0.39, 0.29) is 30.1 Å². The van der Waals surface area contributed by atoms with Gasteiger partial charge >= 0.3 is 0 Å². The minimum absolute atomic E-state index is 0. The minimum Gasteiger partial charge on any atom is -0.379 e. The first kappa shape index (κ1) is 25.4. The van der Waals surface area contributed by atoms with E-state index < -0.39 is 0 Å². The number of guanidine groups is 1. The van der Waals surface area contributed by atoms with Gasteiger partial charge in [-0.05, 0) is 41.8 Å². The van der Waals surface area contributed by atoms with Crippen molar-refractivity contribution >= 4 is 41.3 Å². The number of benzene rings is 1. The molecule has 2 aromatic rings. The third-order valence-electron chi connectivity index (χ3n) is 6.00. The summed E-state index contributed by atoms with van der Waals surface area (Å²) in [5.74, 6) is 0.846.